The van der Waals surface area contributed by atoms with Gasteiger partial charge in [0.1, 0.15) is 0 Å². The molecular formula is C15H22OSi. The van der Waals surface area contributed by atoms with Crippen LogP contribution in [0, 0.1) is 0 Å². The van der Waals surface area contributed by atoms with Gasteiger partial charge < -0.3 is 4.43 Å². The van der Waals surface area contributed by atoms with E-state index in [1.807, 2.05) is 6.07 Å². The fraction of sp³-hybridized carbons (Fsp3) is 0.467. The van der Waals surface area contributed by atoms with Gasteiger partial charge in [-0.2, -0.15) is 0 Å². The first-order valence-electron chi connectivity index (χ1n) is 6.49. The van der Waals surface area contributed by atoms with Crippen LogP contribution in [-0.2, 0) is 4.43 Å². The van der Waals surface area contributed by atoms with E-state index in [2.05, 4.69) is 43.3 Å². The van der Waals surface area contributed by atoms with E-state index in [1.165, 1.54) is 24.4 Å². The second kappa shape index (κ2) is 10.3. The minimum atomic E-state index is 0.700. The third-order valence-corrected chi connectivity index (χ3v) is 3.43. The molecule has 1 aromatic carbocycles. The van der Waals surface area contributed by atoms with E-state index in [9.17, 15) is 0 Å². The van der Waals surface area contributed by atoms with Crippen molar-refractivity contribution in [1.29, 1.82) is 0 Å². The maximum Gasteiger partial charge on any atom is 0.229 e. The van der Waals surface area contributed by atoms with Crippen LogP contribution in [0.15, 0.2) is 36.4 Å². The van der Waals surface area contributed by atoms with Crippen LogP contribution in [0.5, 0.6) is 0 Å². The highest BCUT2D eigenvalue weighted by atomic mass is 28.2. The van der Waals surface area contributed by atoms with E-state index in [-0.39, 0.29) is 0 Å². The number of rotatable bonds is 9. The van der Waals surface area contributed by atoms with Crippen molar-refractivity contribution >= 4 is 15.8 Å². The average molecular weight is 246 g/mol. The predicted octanol–water partition coefficient (Wildman–Crippen LogP) is 4.33. The van der Waals surface area contributed by atoms with Crippen molar-refractivity contribution in [3.63, 3.8) is 0 Å². The lowest BCUT2D eigenvalue weighted by Gasteiger charge is -2.00. The monoisotopic (exact) mass is 246 g/mol. The highest BCUT2D eigenvalue weighted by Gasteiger charge is 1.90. The number of unbranched alkanes of at least 4 members (excludes halogenated alkanes) is 2. The smallest absolute Gasteiger partial charge is 0.229 e. The first-order chi connectivity index (χ1) is 8.43. The van der Waals surface area contributed by atoms with Gasteiger partial charge >= 0.3 is 0 Å². The summed E-state index contributed by atoms with van der Waals surface area (Å²) in [6, 6.07) is 11.7. The molecule has 1 nitrogen and oxygen atoms in total. The molecule has 0 atom stereocenters. The second-order valence-corrected chi connectivity index (χ2v) is 5.13. The molecule has 0 bridgehead atoms. The highest BCUT2D eigenvalue weighted by Crippen LogP contribution is 2.03. The summed E-state index contributed by atoms with van der Waals surface area (Å²) < 4.78 is 5.58. The van der Waals surface area contributed by atoms with Crippen molar-refractivity contribution in [2.24, 2.45) is 0 Å². The molecule has 0 saturated heterocycles. The van der Waals surface area contributed by atoms with Gasteiger partial charge in [0.25, 0.3) is 0 Å². The molecule has 0 aliphatic carbocycles. The first-order valence-corrected chi connectivity index (χ1v) is 7.61. The molecule has 1 aromatic rings. The normalized spacial score (nSPS) is 11.1. The molecule has 0 heterocycles. The van der Waals surface area contributed by atoms with Gasteiger partial charge in [0.2, 0.25) is 9.76 Å². The predicted molar refractivity (Wildman–Crippen MR) is 76.1 cm³/mol. The van der Waals surface area contributed by atoms with Gasteiger partial charge in [0, 0.05) is 6.61 Å². The van der Waals surface area contributed by atoms with Gasteiger partial charge in [-0.05, 0) is 24.4 Å². The van der Waals surface area contributed by atoms with Gasteiger partial charge in [-0.1, -0.05) is 62.2 Å². The molecular weight excluding hydrogens is 224 g/mol. The Hall–Kier alpha value is -0.863. The topological polar surface area (TPSA) is 9.23 Å². The van der Waals surface area contributed by atoms with Gasteiger partial charge in [0.05, 0.1) is 0 Å². The van der Waals surface area contributed by atoms with E-state index in [0.29, 0.717) is 9.76 Å². The molecule has 1 rings (SSSR count). The van der Waals surface area contributed by atoms with Crippen molar-refractivity contribution in [1.82, 2.24) is 0 Å². The summed E-state index contributed by atoms with van der Waals surface area (Å²) in [7, 11) is 0.700. The Balaban J connectivity index is 1.95. The standard InChI is InChI=1S/C15H22OSi/c1-2-3-14-17-16-13-9-5-8-12-15-10-6-4-7-11-15/h4,6-8,10-12H,2-3,5,9,13-14H2,1H3. The van der Waals surface area contributed by atoms with Crippen LogP contribution in [0.3, 0.4) is 0 Å². The third kappa shape index (κ3) is 7.94. The summed E-state index contributed by atoms with van der Waals surface area (Å²) in [5.74, 6) is 0. The fourth-order valence-corrected chi connectivity index (χ4v) is 2.38. The fourth-order valence-electron chi connectivity index (χ4n) is 1.45. The lowest BCUT2D eigenvalue weighted by atomic mass is 10.2. The summed E-state index contributed by atoms with van der Waals surface area (Å²) in [4.78, 5) is 0. The van der Waals surface area contributed by atoms with Gasteiger partial charge in [0.15, 0.2) is 0 Å². The first kappa shape index (κ1) is 14.2. The van der Waals surface area contributed by atoms with E-state index >= 15 is 0 Å². The summed E-state index contributed by atoms with van der Waals surface area (Å²) in [5, 5.41) is 0. The quantitative estimate of drug-likeness (QED) is 0.465. The van der Waals surface area contributed by atoms with Crippen molar-refractivity contribution in [3.05, 3.63) is 42.0 Å². The molecule has 0 aromatic heterocycles. The Morgan fingerprint density at radius 1 is 1.18 bits per heavy atom. The molecule has 0 aliphatic rings. The third-order valence-electron chi connectivity index (χ3n) is 2.46. The van der Waals surface area contributed by atoms with Crippen molar-refractivity contribution in [3.8, 4) is 0 Å². The Labute approximate surface area is 108 Å². The lowest BCUT2D eigenvalue weighted by Crippen LogP contribution is -1.99. The summed E-state index contributed by atoms with van der Waals surface area (Å²) in [6.07, 6.45) is 9.21. The largest absolute Gasteiger partial charge is 0.417 e. The number of benzene rings is 1. The van der Waals surface area contributed by atoms with Crippen LogP contribution in [0.2, 0.25) is 6.04 Å². The second-order valence-electron chi connectivity index (χ2n) is 4.05. The summed E-state index contributed by atoms with van der Waals surface area (Å²) in [5.41, 5.74) is 1.28. The Morgan fingerprint density at radius 2 is 2.00 bits per heavy atom. The summed E-state index contributed by atoms with van der Waals surface area (Å²) >= 11 is 0. The van der Waals surface area contributed by atoms with E-state index < -0.39 is 0 Å². The Bertz CT molecular complexity index is 295. The average Bonchev–Trinajstić information content (AvgIpc) is 2.38. The zero-order valence-electron chi connectivity index (χ0n) is 10.7. The molecule has 17 heavy (non-hydrogen) atoms. The Kier molecular flexibility index (Phi) is 8.60. The van der Waals surface area contributed by atoms with Crippen molar-refractivity contribution < 1.29 is 4.43 Å². The van der Waals surface area contributed by atoms with Crippen LogP contribution in [-0.4, -0.2) is 16.4 Å². The van der Waals surface area contributed by atoms with Gasteiger partial charge in [-0.3, -0.25) is 0 Å². The Morgan fingerprint density at radius 3 is 2.76 bits per heavy atom. The van der Waals surface area contributed by atoms with Crippen molar-refractivity contribution in [2.75, 3.05) is 6.61 Å². The van der Waals surface area contributed by atoms with E-state index in [4.69, 9.17) is 4.43 Å². The van der Waals surface area contributed by atoms with E-state index in [1.54, 1.807) is 0 Å². The summed E-state index contributed by atoms with van der Waals surface area (Å²) in [6.45, 7) is 3.13. The van der Waals surface area contributed by atoms with Crippen LogP contribution in [0.1, 0.15) is 38.2 Å². The molecule has 2 heteroatoms. The molecule has 0 amide bonds. The molecule has 0 spiro atoms. The van der Waals surface area contributed by atoms with Crippen molar-refractivity contribution in [2.45, 2.75) is 38.7 Å². The number of hydrogen-bond acceptors (Lipinski definition) is 1. The SMILES string of the molecule is CCCC[Si]OCCCC=Cc1ccccc1. The molecule has 92 valence electrons. The van der Waals surface area contributed by atoms with Gasteiger partial charge in [-0.15, -0.1) is 0 Å². The van der Waals surface area contributed by atoms with Crippen LogP contribution >= 0.6 is 0 Å². The zero-order valence-corrected chi connectivity index (χ0v) is 11.7. The number of allylic oxidation sites excluding steroid dienone is 1. The van der Waals surface area contributed by atoms with Gasteiger partial charge in [-0.25, -0.2) is 0 Å². The lowest BCUT2D eigenvalue weighted by molar-refractivity contribution is 0.328. The minimum Gasteiger partial charge on any atom is -0.417 e. The minimum absolute atomic E-state index is 0.700. The molecule has 0 aliphatic heterocycles. The van der Waals surface area contributed by atoms with E-state index in [0.717, 1.165) is 19.4 Å². The molecule has 0 saturated carbocycles. The maximum absolute atomic E-state index is 5.58. The van der Waals surface area contributed by atoms with Crippen LogP contribution in [0.25, 0.3) is 6.08 Å². The van der Waals surface area contributed by atoms with Crippen LogP contribution in [0.4, 0.5) is 0 Å². The molecule has 2 radical (unpaired) electrons. The molecule has 0 fully saturated rings. The zero-order chi connectivity index (χ0) is 12.2. The highest BCUT2D eigenvalue weighted by molar-refractivity contribution is 6.26. The van der Waals surface area contributed by atoms with Crippen LogP contribution < -0.4 is 0 Å². The number of hydrogen-bond donors (Lipinski definition) is 0. The molecule has 0 unspecified atom stereocenters. The maximum atomic E-state index is 5.58. The molecule has 0 N–H and O–H groups in total.